The van der Waals surface area contributed by atoms with Gasteiger partial charge in [0.05, 0.1) is 6.10 Å². The highest BCUT2D eigenvalue weighted by Gasteiger charge is 2.04. The van der Waals surface area contributed by atoms with Crippen LogP contribution in [0, 0.1) is 0 Å². The van der Waals surface area contributed by atoms with E-state index >= 15 is 0 Å². The molecule has 0 aliphatic rings. The second-order valence-corrected chi connectivity index (χ2v) is 5.42. The molecule has 1 aromatic carbocycles. The minimum Gasteiger partial charge on any atom is -0.491 e. The third-order valence-corrected chi connectivity index (χ3v) is 2.46. The van der Waals surface area contributed by atoms with E-state index in [1.54, 1.807) is 6.08 Å². The van der Waals surface area contributed by atoms with Crippen LogP contribution in [0.2, 0.25) is 0 Å². The van der Waals surface area contributed by atoms with Gasteiger partial charge < -0.3 is 9.47 Å². The van der Waals surface area contributed by atoms with Crippen LogP contribution in [0.15, 0.2) is 54.3 Å². The Morgan fingerprint density at radius 2 is 1.90 bits per heavy atom. The summed E-state index contributed by atoms with van der Waals surface area (Å²) in [6, 6.07) is 5.76. The highest BCUT2D eigenvalue weighted by molar-refractivity contribution is 5.54. The molecule has 0 atom stereocenters. The molecule has 2 heteroatoms. The van der Waals surface area contributed by atoms with Crippen molar-refractivity contribution in [1.82, 2.24) is 0 Å². The van der Waals surface area contributed by atoms with Crippen molar-refractivity contribution in [2.24, 2.45) is 0 Å². The number of rotatable bonds is 7. The summed E-state index contributed by atoms with van der Waals surface area (Å²) in [5.41, 5.74) is 5.86. The fourth-order valence-corrected chi connectivity index (χ4v) is 1.84. The van der Waals surface area contributed by atoms with Gasteiger partial charge in [-0.3, -0.25) is 0 Å². The highest BCUT2D eigenvalue weighted by atomic mass is 16.5. The Morgan fingerprint density at radius 1 is 1.24 bits per heavy atom. The normalized spacial score (nSPS) is 9.76. The van der Waals surface area contributed by atoms with E-state index in [-0.39, 0.29) is 6.10 Å². The predicted molar refractivity (Wildman–Crippen MR) is 89.9 cm³/mol. The molecule has 0 aromatic heterocycles. The summed E-state index contributed by atoms with van der Waals surface area (Å²) in [4.78, 5) is 0. The molecule has 0 saturated carbocycles. The molecule has 21 heavy (non-hydrogen) atoms. The minimum atomic E-state index is 0.112. The molecule has 0 bridgehead atoms. The molecule has 0 N–H and O–H groups in total. The van der Waals surface area contributed by atoms with Gasteiger partial charge in [0.15, 0.2) is 0 Å². The zero-order chi connectivity index (χ0) is 15.8. The van der Waals surface area contributed by atoms with Gasteiger partial charge in [0, 0.05) is 6.07 Å². The molecular weight excluding hydrogens is 260 g/mol. The van der Waals surface area contributed by atoms with Gasteiger partial charge in [-0.2, -0.15) is 0 Å². The van der Waals surface area contributed by atoms with E-state index < -0.39 is 0 Å². The molecule has 1 aromatic rings. The largest absolute Gasteiger partial charge is 0.491 e. The molecular formula is C19H24O2. The van der Waals surface area contributed by atoms with Crippen molar-refractivity contribution in [2.45, 2.75) is 33.8 Å². The van der Waals surface area contributed by atoms with Crippen molar-refractivity contribution in [3.63, 3.8) is 0 Å². The summed E-state index contributed by atoms with van der Waals surface area (Å²) in [5.74, 6) is 1.52. The smallest absolute Gasteiger partial charge is 0.124 e. The van der Waals surface area contributed by atoms with E-state index in [9.17, 15) is 0 Å². The predicted octanol–water partition coefficient (Wildman–Crippen LogP) is 5.17. The van der Waals surface area contributed by atoms with E-state index in [0.29, 0.717) is 6.61 Å². The van der Waals surface area contributed by atoms with Crippen LogP contribution in [-0.4, -0.2) is 12.7 Å². The molecule has 0 fully saturated rings. The molecule has 0 amide bonds. The van der Waals surface area contributed by atoms with Crippen molar-refractivity contribution in [3.8, 4) is 11.5 Å². The van der Waals surface area contributed by atoms with Crippen LogP contribution < -0.4 is 9.47 Å². The van der Waals surface area contributed by atoms with Crippen molar-refractivity contribution < 1.29 is 9.47 Å². The first-order valence-electron chi connectivity index (χ1n) is 7.03. The second kappa shape index (κ2) is 8.18. The Hall–Kier alpha value is -2.18. The zero-order valence-corrected chi connectivity index (χ0v) is 13.4. The average Bonchev–Trinajstić information content (AvgIpc) is 2.35. The van der Waals surface area contributed by atoms with Crippen LogP contribution in [0.5, 0.6) is 11.5 Å². The van der Waals surface area contributed by atoms with Crippen LogP contribution in [0.1, 0.15) is 33.3 Å². The molecule has 0 radical (unpaired) electrons. The highest BCUT2D eigenvalue weighted by Crippen LogP contribution is 2.25. The SMILES string of the molecule is C=C=Cc1cc(OCC(=C)C=C(C)C)cc(OC(C)C)c1. The standard InChI is InChI=1S/C19H24O2/c1-7-8-17-10-18(12-19(11-17)21-15(4)5)20-13-16(6)9-14(2)3/h8-12,15H,1,6,13H2,2-5H3. The maximum atomic E-state index is 5.79. The summed E-state index contributed by atoms with van der Waals surface area (Å²) in [6.45, 7) is 16.1. The summed E-state index contributed by atoms with van der Waals surface area (Å²) in [5, 5.41) is 0. The fraction of sp³-hybridized carbons (Fsp3) is 0.316. The Balaban J connectivity index is 2.89. The number of benzene rings is 1. The Bertz CT molecular complexity index is 569. The summed E-state index contributed by atoms with van der Waals surface area (Å²) >= 11 is 0. The molecule has 1 rings (SSSR count). The topological polar surface area (TPSA) is 18.5 Å². The van der Waals surface area contributed by atoms with E-state index in [2.05, 4.69) is 18.9 Å². The first kappa shape index (κ1) is 16.9. The zero-order valence-electron chi connectivity index (χ0n) is 13.4. The summed E-state index contributed by atoms with van der Waals surface area (Å²) in [7, 11) is 0. The first-order chi connectivity index (χ1) is 9.90. The van der Waals surface area contributed by atoms with E-state index in [0.717, 1.165) is 22.6 Å². The lowest BCUT2D eigenvalue weighted by Crippen LogP contribution is -2.06. The van der Waals surface area contributed by atoms with Gasteiger partial charge in [-0.25, -0.2) is 0 Å². The molecule has 2 nitrogen and oxygen atoms in total. The molecule has 0 heterocycles. The number of hydrogen-bond acceptors (Lipinski definition) is 2. The third-order valence-electron chi connectivity index (χ3n) is 2.46. The Kier molecular flexibility index (Phi) is 6.58. The van der Waals surface area contributed by atoms with Gasteiger partial charge in [-0.15, -0.1) is 5.73 Å². The maximum absolute atomic E-state index is 5.79. The number of ether oxygens (including phenoxy) is 2. The van der Waals surface area contributed by atoms with Gasteiger partial charge in [-0.1, -0.05) is 24.8 Å². The first-order valence-corrected chi connectivity index (χ1v) is 7.03. The van der Waals surface area contributed by atoms with Crippen molar-refractivity contribution in [3.05, 3.63) is 59.9 Å². The lowest BCUT2D eigenvalue weighted by Gasteiger charge is -2.13. The van der Waals surface area contributed by atoms with Gasteiger partial charge in [0.25, 0.3) is 0 Å². The van der Waals surface area contributed by atoms with Gasteiger partial charge >= 0.3 is 0 Å². The molecule has 0 unspecified atom stereocenters. The Labute approximate surface area is 128 Å². The van der Waals surface area contributed by atoms with Crippen LogP contribution in [0.25, 0.3) is 6.08 Å². The minimum absolute atomic E-state index is 0.112. The van der Waals surface area contributed by atoms with Crippen molar-refractivity contribution in [2.75, 3.05) is 6.61 Å². The van der Waals surface area contributed by atoms with E-state index in [1.807, 2.05) is 52.0 Å². The number of hydrogen-bond donors (Lipinski definition) is 0. The van der Waals surface area contributed by atoms with Gasteiger partial charge in [0.1, 0.15) is 18.1 Å². The van der Waals surface area contributed by atoms with E-state index in [1.165, 1.54) is 5.57 Å². The van der Waals surface area contributed by atoms with Gasteiger partial charge in [0.2, 0.25) is 0 Å². The van der Waals surface area contributed by atoms with E-state index in [4.69, 9.17) is 9.47 Å². The molecule has 0 aliphatic heterocycles. The lowest BCUT2D eigenvalue weighted by atomic mass is 10.2. The van der Waals surface area contributed by atoms with Crippen LogP contribution in [-0.2, 0) is 0 Å². The van der Waals surface area contributed by atoms with Crippen molar-refractivity contribution >= 4 is 6.08 Å². The summed E-state index contributed by atoms with van der Waals surface area (Å²) in [6.07, 6.45) is 3.92. The average molecular weight is 284 g/mol. The molecule has 0 aliphatic carbocycles. The molecule has 0 spiro atoms. The fourth-order valence-electron chi connectivity index (χ4n) is 1.84. The lowest BCUT2D eigenvalue weighted by molar-refractivity contribution is 0.240. The number of allylic oxidation sites excluding steroid dienone is 1. The van der Waals surface area contributed by atoms with Crippen LogP contribution in [0.4, 0.5) is 0 Å². The van der Waals surface area contributed by atoms with Gasteiger partial charge in [-0.05, 0) is 57.0 Å². The van der Waals surface area contributed by atoms with Crippen LogP contribution >= 0.6 is 0 Å². The molecule has 112 valence electrons. The maximum Gasteiger partial charge on any atom is 0.124 e. The Morgan fingerprint density at radius 3 is 2.48 bits per heavy atom. The monoisotopic (exact) mass is 284 g/mol. The summed E-state index contributed by atoms with van der Waals surface area (Å²) < 4.78 is 11.5. The second-order valence-electron chi connectivity index (χ2n) is 5.42. The van der Waals surface area contributed by atoms with Crippen LogP contribution in [0.3, 0.4) is 0 Å². The third kappa shape index (κ3) is 6.69. The molecule has 0 saturated heterocycles. The quantitative estimate of drug-likeness (QED) is 0.508. The van der Waals surface area contributed by atoms with Crippen molar-refractivity contribution in [1.29, 1.82) is 0 Å².